The summed E-state index contributed by atoms with van der Waals surface area (Å²) in [6.07, 6.45) is 0.685. The Balaban J connectivity index is 1.70. The molecule has 0 bridgehead atoms. The molecule has 2 aromatic rings. The van der Waals surface area contributed by atoms with Gasteiger partial charge in [0.25, 0.3) is 0 Å². The van der Waals surface area contributed by atoms with E-state index >= 15 is 0 Å². The molecule has 33 heavy (non-hydrogen) atoms. The highest BCUT2D eigenvalue weighted by atomic mass is 16.2. The normalized spacial score (nSPS) is 13.0. The maximum absolute atomic E-state index is 12.6. The average molecular weight is 453 g/mol. The molecule has 0 spiro atoms. The van der Waals surface area contributed by atoms with E-state index in [1.54, 1.807) is 0 Å². The Morgan fingerprint density at radius 2 is 1.00 bits per heavy atom. The summed E-state index contributed by atoms with van der Waals surface area (Å²) in [7, 11) is 0. The Kier molecular flexibility index (Phi) is 11.6. The summed E-state index contributed by atoms with van der Waals surface area (Å²) in [5, 5.41) is 12.7. The molecule has 0 heterocycles. The molecule has 4 N–H and O–H groups in total. The van der Waals surface area contributed by atoms with E-state index in [9.17, 15) is 9.59 Å². The van der Waals surface area contributed by atoms with Gasteiger partial charge in [0.05, 0.1) is 12.1 Å². The first-order chi connectivity index (χ1) is 15.9. The number of benzene rings is 2. The smallest absolute Gasteiger partial charge is 0.237 e. The molecule has 0 unspecified atom stereocenters. The van der Waals surface area contributed by atoms with Crippen LogP contribution in [0.15, 0.2) is 60.7 Å². The van der Waals surface area contributed by atoms with Gasteiger partial charge in [0.1, 0.15) is 0 Å². The number of carbonyl (C=O) groups excluding carboxylic acids is 2. The van der Waals surface area contributed by atoms with Crippen LogP contribution in [-0.2, 0) is 22.7 Å². The van der Waals surface area contributed by atoms with Crippen LogP contribution in [0.25, 0.3) is 0 Å². The Labute approximate surface area is 198 Å². The van der Waals surface area contributed by atoms with Crippen molar-refractivity contribution in [1.29, 1.82) is 0 Å². The molecule has 6 nitrogen and oxygen atoms in total. The predicted molar refractivity (Wildman–Crippen MR) is 134 cm³/mol. The lowest BCUT2D eigenvalue weighted by molar-refractivity contribution is -0.124. The van der Waals surface area contributed by atoms with Gasteiger partial charge in [-0.2, -0.15) is 0 Å². The SMILES string of the molecule is CC(C)[C@H](NCc1ccccc1)C(=O)NCCCNC(=O)[C@@H](NCc1ccccc1)C(C)C. The van der Waals surface area contributed by atoms with Gasteiger partial charge in [-0.05, 0) is 29.4 Å². The zero-order chi connectivity index (χ0) is 24.1. The first kappa shape index (κ1) is 26.6. The van der Waals surface area contributed by atoms with Crippen molar-refractivity contribution in [1.82, 2.24) is 21.3 Å². The number of nitrogens with one attached hydrogen (secondary N) is 4. The number of amides is 2. The van der Waals surface area contributed by atoms with Gasteiger partial charge >= 0.3 is 0 Å². The third-order valence-corrected chi connectivity index (χ3v) is 5.59. The van der Waals surface area contributed by atoms with Crippen molar-refractivity contribution >= 4 is 11.8 Å². The van der Waals surface area contributed by atoms with Crippen molar-refractivity contribution in [3.8, 4) is 0 Å². The lowest BCUT2D eigenvalue weighted by Gasteiger charge is -2.23. The van der Waals surface area contributed by atoms with Crippen molar-refractivity contribution in [3.05, 3.63) is 71.8 Å². The van der Waals surface area contributed by atoms with Gasteiger partial charge in [0.15, 0.2) is 0 Å². The number of carbonyl (C=O) groups is 2. The standard InChI is InChI=1S/C27H40N4O2/c1-20(2)24(30-18-22-12-7-5-8-13-22)26(32)28-16-11-17-29-27(33)25(21(3)4)31-19-23-14-9-6-10-15-23/h5-10,12-15,20-21,24-25,30-31H,11,16-19H2,1-4H3,(H,28,32)(H,29,33)/t24-,25-/m0/s1. The van der Waals surface area contributed by atoms with Crippen molar-refractivity contribution in [2.75, 3.05) is 13.1 Å². The largest absolute Gasteiger partial charge is 0.355 e. The minimum Gasteiger partial charge on any atom is -0.355 e. The lowest BCUT2D eigenvalue weighted by atomic mass is 10.0. The van der Waals surface area contributed by atoms with Crippen molar-refractivity contribution in [2.24, 2.45) is 11.8 Å². The van der Waals surface area contributed by atoms with E-state index in [0.29, 0.717) is 32.6 Å². The molecule has 0 aromatic heterocycles. The fraction of sp³-hybridized carbons (Fsp3) is 0.481. The van der Waals surface area contributed by atoms with E-state index in [2.05, 4.69) is 21.3 Å². The second-order valence-corrected chi connectivity index (χ2v) is 9.11. The monoisotopic (exact) mass is 452 g/mol. The van der Waals surface area contributed by atoms with Gasteiger partial charge in [-0.3, -0.25) is 9.59 Å². The van der Waals surface area contributed by atoms with Gasteiger partial charge in [0.2, 0.25) is 11.8 Å². The Hall–Kier alpha value is -2.70. The van der Waals surface area contributed by atoms with Gasteiger partial charge in [0, 0.05) is 26.2 Å². The number of hydrogen-bond donors (Lipinski definition) is 4. The summed E-state index contributed by atoms with van der Waals surface area (Å²) in [5.74, 6) is 0.348. The highest BCUT2D eigenvalue weighted by molar-refractivity contribution is 5.82. The second kappa shape index (κ2) is 14.4. The van der Waals surface area contributed by atoms with Crippen molar-refractivity contribution in [3.63, 3.8) is 0 Å². The molecule has 2 atom stereocenters. The highest BCUT2D eigenvalue weighted by Crippen LogP contribution is 2.06. The van der Waals surface area contributed by atoms with E-state index in [-0.39, 0.29) is 35.7 Å². The third-order valence-electron chi connectivity index (χ3n) is 5.59. The first-order valence-corrected chi connectivity index (χ1v) is 12.0. The Bertz CT molecular complexity index is 755. The topological polar surface area (TPSA) is 82.3 Å². The van der Waals surface area contributed by atoms with Crippen LogP contribution >= 0.6 is 0 Å². The molecule has 180 valence electrons. The van der Waals surface area contributed by atoms with Gasteiger partial charge in [-0.1, -0.05) is 88.4 Å². The summed E-state index contributed by atoms with van der Waals surface area (Å²) in [5.41, 5.74) is 2.30. The summed E-state index contributed by atoms with van der Waals surface area (Å²) in [4.78, 5) is 25.3. The molecular formula is C27H40N4O2. The Morgan fingerprint density at radius 1 is 0.636 bits per heavy atom. The molecule has 0 fully saturated rings. The van der Waals surface area contributed by atoms with Crippen LogP contribution in [0.4, 0.5) is 0 Å². The minimum atomic E-state index is -0.257. The van der Waals surface area contributed by atoms with E-state index in [1.807, 2.05) is 88.4 Å². The molecule has 2 amide bonds. The predicted octanol–water partition coefficient (Wildman–Crippen LogP) is 3.24. The fourth-order valence-electron chi connectivity index (χ4n) is 3.64. The van der Waals surface area contributed by atoms with E-state index in [1.165, 1.54) is 0 Å². The van der Waals surface area contributed by atoms with Gasteiger partial charge in [-0.25, -0.2) is 0 Å². The summed E-state index contributed by atoms with van der Waals surface area (Å²) in [6, 6.07) is 19.6. The lowest BCUT2D eigenvalue weighted by Crippen LogP contribution is -2.48. The van der Waals surface area contributed by atoms with Crippen molar-refractivity contribution < 1.29 is 9.59 Å². The van der Waals surface area contributed by atoms with Crippen LogP contribution in [0.3, 0.4) is 0 Å². The molecule has 2 aromatic carbocycles. The first-order valence-electron chi connectivity index (χ1n) is 12.0. The molecule has 2 rings (SSSR count). The zero-order valence-electron chi connectivity index (χ0n) is 20.4. The summed E-state index contributed by atoms with van der Waals surface area (Å²) < 4.78 is 0. The molecule has 0 aliphatic heterocycles. The van der Waals surface area contributed by atoms with Crippen LogP contribution in [-0.4, -0.2) is 37.0 Å². The fourth-order valence-corrected chi connectivity index (χ4v) is 3.64. The number of hydrogen-bond acceptors (Lipinski definition) is 4. The zero-order valence-corrected chi connectivity index (χ0v) is 20.4. The molecule has 0 saturated heterocycles. The van der Waals surface area contributed by atoms with Crippen LogP contribution < -0.4 is 21.3 Å². The van der Waals surface area contributed by atoms with Crippen molar-refractivity contribution in [2.45, 2.75) is 59.3 Å². The van der Waals surface area contributed by atoms with Crippen LogP contribution in [0.5, 0.6) is 0 Å². The molecular weight excluding hydrogens is 412 g/mol. The molecule has 0 aliphatic carbocycles. The van der Waals surface area contributed by atoms with Gasteiger partial charge < -0.3 is 21.3 Å². The second-order valence-electron chi connectivity index (χ2n) is 9.11. The van der Waals surface area contributed by atoms with E-state index in [4.69, 9.17) is 0 Å². The molecule has 0 radical (unpaired) electrons. The molecule has 0 saturated carbocycles. The highest BCUT2D eigenvalue weighted by Gasteiger charge is 2.22. The Morgan fingerprint density at radius 3 is 1.33 bits per heavy atom. The third kappa shape index (κ3) is 9.76. The quantitative estimate of drug-likeness (QED) is 0.332. The van der Waals surface area contributed by atoms with Gasteiger partial charge in [-0.15, -0.1) is 0 Å². The number of rotatable bonds is 14. The summed E-state index contributed by atoms with van der Waals surface area (Å²) >= 11 is 0. The maximum Gasteiger partial charge on any atom is 0.237 e. The van der Waals surface area contributed by atoms with Crippen LogP contribution in [0, 0.1) is 11.8 Å². The van der Waals surface area contributed by atoms with Crippen LogP contribution in [0.1, 0.15) is 45.2 Å². The maximum atomic E-state index is 12.6. The van der Waals surface area contributed by atoms with E-state index < -0.39 is 0 Å². The molecule has 0 aliphatic rings. The molecule has 6 heteroatoms. The van der Waals surface area contributed by atoms with E-state index in [0.717, 1.165) is 11.1 Å². The average Bonchev–Trinajstić information content (AvgIpc) is 2.80. The summed E-state index contributed by atoms with van der Waals surface area (Å²) in [6.45, 7) is 10.5. The minimum absolute atomic E-state index is 0.00292. The van der Waals surface area contributed by atoms with Crippen LogP contribution in [0.2, 0.25) is 0 Å².